The summed E-state index contributed by atoms with van der Waals surface area (Å²) in [5, 5.41) is 16.9. The molecule has 7 rings (SSSR count). The van der Waals surface area contributed by atoms with Gasteiger partial charge >= 0.3 is 12.6 Å². The molecule has 3 aromatic heterocycles. The molecule has 0 bridgehead atoms. The van der Waals surface area contributed by atoms with E-state index in [1.807, 2.05) is 62.4 Å². The molecule has 250 valence electrons. The fraction of sp³-hybridized carbons (Fsp3) is 0.243. The van der Waals surface area contributed by atoms with Gasteiger partial charge < -0.3 is 29.6 Å². The van der Waals surface area contributed by atoms with Gasteiger partial charge in [-0.05, 0) is 91.4 Å². The molecule has 3 aromatic carbocycles. The number of nitrogens with one attached hydrogen (secondary N) is 2. The average molecular weight is 666 g/mol. The summed E-state index contributed by atoms with van der Waals surface area (Å²) in [4.78, 5) is 26.2. The standard InChI is InChI=1S/C37H33F2N5O5/c1-20-25(26-7-4-9-28(21(26)2)43-34-33-23(11-13-41-34)14-22(18-45)17-42-33)6-3-8-27(20)35-44-30-16-31(49-37(38)39)24(15-32(30)48-35)19-47-36(46)29-10-5-12-40-29/h3-4,6-9,11,13-17,29,37,40,45H,5,10,12,18-19H2,1-2H3,(H,41,43)/t29-/m0/s1. The van der Waals surface area contributed by atoms with Crippen molar-refractivity contribution in [2.24, 2.45) is 0 Å². The molecule has 6 aromatic rings. The number of hydrogen-bond acceptors (Lipinski definition) is 10. The van der Waals surface area contributed by atoms with Gasteiger partial charge in [-0.2, -0.15) is 8.78 Å². The lowest BCUT2D eigenvalue weighted by Gasteiger charge is -2.16. The number of pyridine rings is 2. The molecule has 1 fully saturated rings. The molecule has 0 unspecified atom stereocenters. The third-order valence-corrected chi connectivity index (χ3v) is 8.78. The van der Waals surface area contributed by atoms with E-state index >= 15 is 0 Å². The van der Waals surface area contributed by atoms with Gasteiger partial charge in [-0.25, -0.2) is 9.97 Å². The largest absolute Gasteiger partial charge is 0.460 e. The summed E-state index contributed by atoms with van der Waals surface area (Å²) in [7, 11) is 0. The first-order valence-electron chi connectivity index (χ1n) is 15.9. The molecule has 0 spiro atoms. The second kappa shape index (κ2) is 13.6. The number of rotatable bonds is 10. The van der Waals surface area contributed by atoms with Gasteiger partial charge in [-0.15, -0.1) is 0 Å². The van der Waals surface area contributed by atoms with Crippen LogP contribution in [0.3, 0.4) is 0 Å². The van der Waals surface area contributed by atoms with Crippen LogP contribution in [-0.2, 0) is 22.7 Å². The number of benzene rings is 3. The van der Waals surface area contributed by atoms with Gasteiger partial charge in [0.25, 0.3) is 0 Å². The van der Waals surface area contributed by atoms with Crippen LogP contribution in [0.5, 0.6) is 5.75 Å². The maximum absolute atomic E-state index is 13.4. The van der Waals surface area contributed by atoms with E-state index in [0.29, 0.717) is 34.7 Å². The molecule has 3 N–H and O–H groups in total. The monoisotopic (exact) mass is 665 g/mol. The molecule has 10 nitrogen and oxygen atoms in total. The number of hydrogen-bond donors (Lipinski definition) is 3. The van der Waals surface area contributed by atoms with E-state index in [1.165, 1.54) is 12.1 Å². The predicted octanol–water partition coefficient (Wildman–Crippen LogP) is 7.35. The first-order chi connectivity index (χ1) is 23.8. The summed E-state index contributed by atoms with van der Waals surface area (Å²) < 4.78 is 43.1. The zero-order valence-corrected chi connectivity index (χ0v) is 26.8. The van der Waals surface area contributed by atoms with Crippen LogP contribution < -0.4 is 15.4 Å². The van der Waals surface area contributed by atoms with E-state index in [0.717, 1.165) is 57.4 Å². The topological polar surface area (TPSA) is 132 Å². The van der Waals surface area contributed by atoms with Crippen molar-refractivity contribution < 1.29 is 32.6 Å². The number of anilines is 2. The van der Waals surface area contributed by atoms with E-state index in [9.17, 15) is 18.7 Å². The minimum Gasteiger partial charge on any atom is -0.460 e. The molecule has 12 heteroatoms. The van der Waals surface area contributed by atoms with Crippen molar-refractivity contribution in [3.8, 4) is 28.3 Å². The second-order valence-corrected chi connectivity index (χ2v) is 11.9. The molecule has 1 saturated heterocycles. The van der Waals surface area contributed by atoms with Crippen LogP contribution in [0.4, 0.5) is 20.3 Å². The molecule has 1 aliphatic heterocycles. The number of aliphatic hydroxyl groups is 1. The number of fused-ring (bicyclic) bond motifs is 2. The first-order valence-corrected chi connectivity index (χ1v) is 15.9. The Hall–Kier alpha value is -5.46. The molecular formula is C37H33F2N5O5. The van der Waals surface area contributed by atoms with Crippen LogP contribution in [0.15, 0.2) is 77.5 Å². The van der Waals surface area contributed by atoms with Crippen LogP contribution in [0.2, 0.25) is 0 Å². The van der Waals surface area contributed by atoms with Crippen LogP contribution in [-0.4, -0.2) is 45.2 Å². The minimum absolute atomic E-state index is 0.0953. The molecule has 0 saturated carbocycles. The smallest absolute Gasteiger partial charge is 0.387 e. The SMILES string of the molecule is Cc1c(Nc2nccc3cc(CO)cnc23)cccc1-c1cccc(-c2nc3cc(OC(F)F)c(COC(=O)[C@@H]4CCCN4)cc3o2)c1C. The highest BCUT2D eigenvalue weighted by Gasteiger charge is 2.25. The Bertz CT molecular complexity index is 2180. The van der Waals surface area contributed by atoms with E-state index < -0.39 is 18.6 Å². The van der Waals surface area contributed by atoms with Crippen molar-refractivity contribution in [3.63, 3.8) is 0 Å². The Balaban J connectivity index is 1.20. The number of nitrogens with zero attached hydrogens (tertiary/aromatic N) is 3. The lowest BCUT2D eigenvalue weighted by Crippen LogP contribution is -2.32. The molecule has 0 radical (unpaired) electrons. The number of aliphatic hydroxyl groups excluding tert-OH is 1. The molecule has 49 heavy (non-hydrogen) atoms. The summed E-state index contributed by atoms with van der Waals surface area (Å²) in [6.07, 6.45) is 4.86. The van der Waals surface area contributed by atoms with Gasteiger partial charge in [0.2, 0.25) is 5.89 Å². The zero-order valence-electron chi connectivity index (χ0n) is 26.8. The maximum atomic E-state index is 13.4. The van der Waals surface area contributed by atoms with E-state index in [4.69, 9.17) is 13.9 Å². The Morgan fingerprint density at radius 3 is 2.63 bits per heavy atom. The van der Waals surface area contributed by atoms with E-state index in [1.54, 1.807) is 12.4 Å². The third kappa shape index (κ3) is 6.52. The quantitative estimate of drug-likeness (QED) is 0.128. The number of oxazole rings is 1. The third-order valence-electron chi connectivity index (χ3n) is 8.78. The number of carbonyl (C=O) groups is 1. The van der Waals surface area contributed by atoms with Gasteiger partial charge in [-0.3, -0.25) is 9.78 Å². The fourth-order valence-corrected chi connectivity index (χ4v) is 6.20. The Kier molecular flexibility index (Phi) is 8.89. The van der Waals surface area contributed by atoms with Crippen molar-refractivity contribution in [2.45, 2.75) is 52.6 Å². The predicted molar refractivity (Wildman–Crippen MR) is 181 cm³/mol. The summed E-state index contributed by atoms with van der Waals surface area (Å²) in [5.41, 5.74) is 7.70. The van der Waals surface area contributed by atoms with Gasteiger partial charge in [0.15, 0.2) is 11.4 Å². The fourth-order valence-electron chi connectivity index (χ4n) is 6.20. The van der Waals surface area contributed by atoms with Gasteiger partial charge in [-0.1, -0.05) is 24.3 Å². The van der Waals surface area contributed by atoms with Gasteiger partial charge in [0, 0.05) is 40.7 Å². The normalized spacial score (nSPS) is 14.5. The number of esters is 1. The highest BCUT2D eigenvalue weighted by molar-refractivity contribution is 5.91. The summed E-state index contributed by atoms with van der Waals surface area (Å²) in [6, 6.07) is 18.0. The highest BCUT2D eigenvalue weighted by Crippen LogP contribution is 2.38. The summed E-state index contributed by atoms with van der Waals surface area (Å²) in [6.45, 7) is 1.30. The molecule has 0 aliphatic carbocycles. The van der Waals surface area contributed by atoms with Gasteiger partial charge in [0.05, 0.1) is 6.61 Å². The Labute approximate surface area is 280 Å². The van der Waals surface area contributed by atoms with Crippen LogP contribution in [0, 0.1) is 13.8 Å². The number of ether oxygens (including phenoxy) is 2. The second-order valence-electron chi connectivity index (χ2n) is 11.9. The van der Waals surface area contributed by atoms with Crippen molar-refractivity contribution in [3.05, 3.63) is 95.3 Å². The van der Waals surface area contributed by atoms with Crippen molar-refractivity contribution in [1.82, 2.24) is 20.3 Å². The molecular weight excluding hydrogens is 632 g/mol. The number of carbonyl (C=O) groups excluding carboxylic acids is 1. The van der Waals surface area contributed by atoms with Crippen molar-refractivity contribution in [2.75, 3.05) is 11.9 Å². The van der Waals surface area contributed by atoms with Crippen LogP contribution in [0.25, 0.3) is 44.6 Å². The number of halogens is 2. The Morgan fingerprint density at radius 2 is 1.86 bits per heavy atom. The molecule has 1 atom stereocenters. The van der Waals surface area contributed by atoms with Gasteiger partial charge in [0.1, 0.15) is 29.4 Å². The molecule has 0 amide bonds. The Morgan fingerprint density at radius 1 is 1.06 bits per heavy atom. The van der Waals surface area contributed by atoms with Crippen molar-refractivity contribution >= 4 is 39.5 Å². The van der Waals surface area contributed by atoms with Crippen molar-refractivity contribution in [1.29, 1.82) is 0 Å². The number of alkyl halides is 2. The lowest BCUT2D eigenvalue weighted by molar-refractivity contribution is -0.147. The summed E-state index contributed by atoms with van der Waals surface area (Å²) in [5.74, 6) is 0.327. The van der Waals surface area contributed by atoms with E-state index in [-0.39, 0.29) is 24.5 Å². The maximum Gasteiger partial charge on any atom is 0.387 e. The lowest BCUT2D eigenvalue weighted by atomic mass is 9.93. The average Bonchev–Trinajstić information content (AvgIpc) is 3.79. The highest BCUT2D eigenvalue weighted by atomic mass is 19.3. The van der Waals surface area contributed by atoms with Crippen LogP contribution in [0.1, 0.15) is 35.1 Å². The molecule has 1 aliphatic rings. The minimum atomic E-state index is -3.08. The number of aromatic nitrogens is 3. The van der Waals surface area contributed by atoms with E-state index in [2.05, 4.69) is 25.6 Å². The molecule has 4 heterocycles. The summed E-state index contributed by atoms with van der Waals surface area (Å²) >= 11 is 0. The van der Waals surface area contributed by atoms with Crippen LogP contribution >= 0.6 is 0 Å². The zero-order chi connectivity index (χ0) is 34.1. The first kappa shape index (κ1) is 32.1.